The largest absolute Gasteiger partial charge is 0.493 e. The molecule has 1 N–H and O–H groups in total. The Morgan fingerprint density at radius 1 is 1.12 bits per heavy atom. The summed E-state index contributed by atoms with van der Waals surface area (Å²) in [6.45, 7) is -0.200. The predicted molar refractivity (Wildman–Crippen MR) is 131 cm³/mol. The lowest BCUT2D eigenvalue weighted by molar-refractivity contribution is -0.118. The van der Waals surface area contributed by atoms with Crippen molar-refractivity contribution >= 4 is 62.7 Å². The summed E-state index contributed by atoms with van der Waals surface area (Å²) in [6.07, 6.45) is 1.82. The maximum Gasteiger partial charge on any atom is 0.262 e. The number of hydrogen-bond acceptors (Lipinski definition) is 5. The fourth-order valence-corrected chi connectivity index (χ4v) is 4.57. The second-order valence-corrected chi connectivity index (χ2v) is 9.16. The minimum absolute atomic E-state index is 0.00890. The molecule has 1 aliphatic rings. The van der Waals surface area contributed by atoms with E-state index in [9.17, 15) is 9.59 Å². The van der Waals surface area contributed by atoms with Gasteiger partial charge in [0.25, 0.3) is 5.91 Å². The fraction of sp³-hybridized carbons (Fsp3) is 0.0833. The number of carbonyl (C=O) groups excluding carboxylic acids is 2. The summed E-state index contributed by atoms with van der Waals surface area (Å²) < 4.78 is 11.8. The van der Waals surface area contributed by atoms with Crippen LogP contribution in [0.5, 0.6) is 11.5 Å². The van der Waals surface area contributed by atoms with Crippen molar-refractivity contribution in [2.45, 2.75) is 4.90 Å². The van der Waals surface area contributed by atoms with E-state index in [-0.39, 0.29) is 18.3 Å². The molecular formula is C24H17BrClNO4S. The zero-order chi connectivity index (χ0) is 22.7. The van der Waals surface area contributed by atoms with Gasteiger partial charge in [-0.25, -0.2) is 0 Å². The molecule has 0 saturated carbocycles. The van der Waals surface area contributed by atoms with E-state index in [1.165, 1.54) is 18.9 Å². The lowest BCUT2D eigenvalue weighted by Gasteiger charge is -2.12. The quantitative estimate of drug-likeness (QED) is 0.371. The first-order chi connectivity index (χ1) is 15.4. The first kappa shape index (κ1) is 22.5. The number of carbonyl (C=O) groups is 2. The molecule has 3 aromatic carbocycles. The smallest absolute Gasteiger partial charge is 0.262 e. The highest BCUT2D eigenvalue weighted by Crippen LogP contribution is 2.41. The van der Waals surface area contributed by atoms with Gasteiger partial charge in [0.2, 0.25) is 5.78 Å². The number of methoxy groups -OCH3 is 1. The van der Waals surface area contributed by atoms with E-state index in [0.29, 0.717) is 32.7 Å². The van der Waals surface area contributed by atoms with Crippen LogP contribution in [0.3, 0.4) is 0 Å². The topological polar surface area (TPSA) is 64.6 Å². The Labute approximate surface area is 202 Å². The number of anilines is 1. The van der Waals surface area contributed by atoms with E-state index < -0.39 is 0 Å². The molecule has 0 radical (unpaired) electrons. The maximum absolute atomic E-state index is 12.6. The molecule has 162 valence electrons. The molecule has 8 heteroatoms. The number of halogens is 2. The van der Waals surface area contributed by atoms with Crippen LogP contribution >= 0.6 is 39.3 Å². The zero-order valence-electron chi connectivity index (χ0n) is 16.9. The molecule has 5 nitrogen and oxygen atoms in total. The minimum Gasteiger partial charge on any atom is -0.493 e. The van der Waals surface area contributed by atoms with Crippen LogP contribution < -0.4 is 14.8 Å². The molecule has 1 aliphatic heterocycles. The number of ketones is 1. The number of hydrogen-bond donors (Lipinski definition) is 1. The Bertz CT molecular complexity index is 1240. The molecular weight excluding hydrogens is 514 g/mol. The van der Waals surface area contributed by atoms with Crippen LogP contribution in [0.25, 0.3) is 6.08 Å². The van der Waals surface area contributed by atoms with E-state index in [4.69, 9.17) is 21.1 Å². The van der Waals surface area contributed by atoms with Crippen molar-refractivity contribution in [1.82, 2.24) is 0 Å². The van der Waals surface area contributed by atoms with Crippen molar-refractivity contribution < 1.29 is 19.1 Å². The first-order valence-corrected chi connectivity index (χ1v) is 11.5. The summed E-state index contributed by atoms with van der Waals surface area (Å²) in [7, 11) is 1.52. The van der Waals surface area contributed by atoms with Crippen LogP contribution in [0.2, 0.25) is 5.02 Å². The number of allylic oxidation sites excluding steroid dienone is 1. The number of rotatable bonds is 6. The van der Waals surface area contributed by atoms with Crippen LogP contribution in [0.1, 0.15) is 15.9 Å². The number of thioether (sulfide) groups is 1. The van der Waals surface area contributed by atoms with Gasteiger partial charge < -0.3 is 14.8 Å². The first-order valence-electron chi connectivity index (χ1n) is 9.53. The lowest BCUT2D eigenvalue weighted by atomic mass is 10.1. The van der Waals surface area contributed by atoms with Crippen molar-refractivity contribution in [3.05, 3.63) is 86.2 Å². The predicted octanol–water partition coefficient (Wildman–Crippen LogP) is 6.46. The SMILES string of the molecule is COc1cc(/C=C2\Sc3ccccc3C2=O)ccc1OCC(=O)Nc1ccc(Br)c(Cl)c1. The van der Waals surface area contributed by atoms with Crippen molar-refractivity contribution in [3.63, 3.8) is 0 Å². The van der Waals surface area contributed by atoms with Gasteiger partial charge in [-0.2, -0.15) is 0 Å². The summed E-state index contributed by atoms with van der Waals surface area (Å²) >= 11 is 10.8. The summed E-state index contributed by atoms with van der Waals surface area (Å²) in [5, 5.41) is 3.23. The summed E-state index contributed by atoms with van der Waals surface area (Å²) in [6, 6.07) is 18.0. The second-order valence-electron chi connectivity index (χ2n) is 6.81. The Hall–Kier alpha value is -2.74. The minimum atomic E-state index is -0.331. The lowest BCUT2D eigenvalue weighted by Crippen LogP contribution is -2.20. The van der Waals surface area contributed by atoms with E-state index in [1.54, 1.807) is 30.3 Å². The Morgan fingerprint density at radius 2 is 1.94 bits per heavy atom. The number of Topliss-reactive ketones (excluding diaryl/α,β-unsaturated/α-hetero) is 1. The Balaban J connectivity index is 1.43. The Kier molecular flexibility index (Phi) is 6.89. The molecule has 1 heterocycles. The van der Waals surface area contributed by atoms with E-state index >= 15 is 0 Å². The fourth-order valence-electron chi connectivity index (χ4n) is 3.09. The van der Waals surface area contributed by atoms with Gasteiger partial charge >= 0.3 is 0 Å². The third kappa shape index (κ3) is 5.01. The van der Waals surface area contributed by atoms with Gasteiger partial charge in [-0.15, -0.1) is 0 Å². The van der Waals surface area contributed by atoms with E-state index in [0.717, 1.165) is 14.9 Å². The molecule has 0 aromatic heterocycles. The van der Waals surface area contributed by atoms with Crippen LogP contribution in [-0.4, -0.2) is 25.4 Å². The van der Waals surface area contributed by atoms with Crippen LogP contribution in [0.15, 0.2) is 74.9 Å². The van der Waals surface area contributed by atoms with Crippen molar-refractivity contribution in [2.24, 2.45) is 0 Å². The van der Waals surface area contributed by atoms with E-state index in [1.807, 2.05) is 36.4 Å². The highest BCUT2D eigenvalue weighted by atomic mass is 79.9. The van der Waals surface area contributed by atoms with Crippen molar-refractivity contribution in [1.29, 1.82) is 0 Å². The van der Waals surface area contributed by atoms with Gasteiger partial charge in [0.1, 0.15) is 0 Å². The highest BCUT2D eigenvalue weighted by molar-refractivity contribution is 9.10. The Morgan fingerprint density at radius 3 is 2.69 bits per heavy atom. The summed E-state index contributed by atoms with van der Waals surface area (Å²) in [5.41, 5.74) is 2.08. The monoisotopic (exact) mass is 529 g/mol. The molecule has 0 fully saturated rings. The average molecular weight is 531 g/mol. The number of fused-ring (bicyclic) bond motifs is 1. The molecule has 4 rings (SSSR count). The van der Waals surface area contributed by atoms with Gasteiger partial charge in [0, 0.05) is 20.6 Å². The van der Waals surface area contributed by atoms with E-state index in [2.05, 4.69) is 21.2 Å². The van der Waals surface area contributed by atoms with Crippen LogP contribution in [-0.2, 0) is 4.79 Å². The number of benzene rings is 3. The number of nitrogens with one attached hydrogen (secondary N) is 1. The number of amides is 1. The molecule has 0 spiro atoms. The molecule has 32 heavy (non-hydrogen) atoms. The summed E-state index contributed by atoms with van der Waals surface area (Å²) in [4.78, 5) is 26.4. The second kappa shape index (κ2) is 9.81. The van der Waals surface area contributed by atoms with Crippen molar-refractivity contribution in [3.8, 4) is 11.5 Å². The standard InChI is InChI=1S/C24H17BrClNO4S/c1-30-20-10-14(11-22-24(29)16-4-2-3-5-21(16)32-22)6-9-19(20)31-13-23(28)27-15-7-8-17(25)18(26)12-15/h2-12H,13H2,1H3,(H,27,28)/b22-11-. The summed E-state index contributed by atoms with van der Waals surface area (Å²) in [5.74, 6) is 0.566. The molecule has 0 unspecified atom stereocenters. The molecule has 0 bridgehead atoms. The van der Waals surface area contributed by atoms with Gasteiger partial charge in [0.15, 0.2) is 18.1 Å². The van der Waals surface area contributed by atoms with Gasteiger partial charge in [-0.05, 0) is 70.0 Å². The van der Waals surface area contributed by atoms with Crippen molar-refractivity contribution in [2.75, 3.05) is 19.0 Å². The molecule has 1 amide bonds. The van der Waals surface area contributed by atoms with Crippen LogP contribution in [0, 0.1) is 0 Å². The molecule has 3 aromatic rings. The maximum atomic E-state index is 12.6. The zero-order valence-corrected chi connectivity index (χ0v) is 20.0. The third-order valence-electron chi connectivity index (χ3n) is 4.62. The highest BCUT2D eigenvalue weighted by Gasteiger charge is 2.25. The van der Waals surface area contributed by atoms with Gasteiger partial charge in [0.05, 0.1) is 17.0 Å². The van der Waals surface area contributed by atoms with Gasteiger partial charge in [-0.3, -0.25) is 9.59 Å². The average Bonchev–Trinajstić information content (AvgIpc) is 3.10. The molecule has 0 atom stereocenters. The van der Waals surface area contributed by atoms with Crippen LogP contribution in [0.4, 0.5) is 5.69 Å². The molecule has 0 aliphatic carbocycles. The normalized spacial score (nSPS) is 13.7. The van der Waals surface area contributed by atoms with Gasteiger partial charge in [-0.1, -0.05) is 41.6 Å². The number of ether oxygens (including phenoxy) is 2. The molecule has 0 saturated heterocycles. The third-order valence-corrected chi connectivity index (χ3v) is 6.95.